The van der Waals surface area contributed by atoms with Crippen molar-refractivity contribution in [2.24, 2.45) is 0 Å². The lowest BCUT2D eigenvalue weighted by Gasteiger charge is -2.12. The molecule has 0 aliphatic rings. The molecule has 0 radical (unpaired) electrons. The van der Waals surface area contributed by atoms with Crippen molar-refractivity contribution in [3.05, 3.63) is 54.6 Å². The molecule has 1 heterocycles. The van der Waals surface area contributed by atoms with Gasteiger partial charge in [-0.15, -0.1) is 10.2 Å². The van der Waals surface area contributed by atoms with Crippen LogP contribution >= 0.6 is 0 Å². The van der Waals surface area contributed by atoms with Gasteiger partial charge in [-0.3, -0.25) is 4.79 Å². The van der Waals surface area contributed by atoms with Gasteiger partial charge in [0.1, 0.15) is 0 Å². The Morgan fingerprint density at radius 2 is 1.76 bits per heavy atom. The van der Waals surface area contributed by atoms with E-state index in [1.54, 1.807) is 12.1 Å². The van der Waals surface area contributed by atoms with E-state index in [0.29, 0.717) is 24.5 Å². The first kappa shape index (κ1) is 20.6. The number of sulfonamides is 1. The lowest BCUT2D eigenvalue weighted by Crippen LogP contribution is -2.22. The molecule has 0 spiro atoms. The summed E-state index contributed by atoms with van der Waals surface area (Å²) in [6.45, 7) is 0.466. The molecule has 2 aromatic carbocycles. The number of aryl methyl sites for hydroxylation is 1. The van der Waals surface area contributed by atoms with Crippen LogP contribution in [0.2, 0.25) is 0 Å². The molecular formula is C19H22N6O3S. The number of rotatable bonds is 8. The molecule has 3 rings (SSSR count). The van der Waals surface area contributed by atoms with Crippen LogP contribution in [0.3, 0.4) is 0 Å². The van der Waals surface area contributed by atoms with Crippen LogP contribution in [0.15, 0.2) is 59.5 Å². The van der Waals surface area contributed by atoms with E-state index in [-0.39, 0.29) is 17.2 Å². The summed E-state index contributed by atoms with van der Waals surface area (Å²) in [4.78, 5) is 13.8. The van der Waals surface area contributed by atoms with Gasteiger partial charge in [0, 0.05) is 31.8 Å². The van der Waals surface area contributed by atoms with Crippen molar-refractivity contribution < 1.29 is 13.2 Å². The number of carbonyl (C=O) groups is 1. The molecule has 3 aromatic rings. The molecule has 0 atom stereocenters. The molecule has 0 aliphatic carbocycles. The van der Waals surface area contributed by atoms with E-state index in [9.17, 15) is 13.2 Å². The number of carbonyl (C=O) groups excluding carboxylic acids is 1. The normalized spacial score (nSPS) is 11.6. The minimum Gasteiger partial charge on any atom is -0.326 e. The third kappa shape index (κ3) is 5.24. The first-order valence-electron chi connectivity index (χ1n) is 9.02. The van der Waals surface area contributed by atoms with Gasteiger partial charge in [0.2, 0.25) is 21.8 Å². The largest absolute Gasteiger partial charge is 0.326 e. The predicted molar refractivity (Wildman–Crippen MR) is 108 cm³/mol. The Balaban J connectivity index is 1.49. The van der Waals surface area contributed by atoms with Crippen LogP contribution in [-0.2, 0) is 21.4 Å². The molecule has 1 aromatic heterocycles. The fourth-order valence-electron chi connectivity index (χ4n) is 2.57. The smallest absolute Gasteiger partial charge is 0.242 e. The standard InChI is InChI=1S/C19H22N6O3S/c1-24(2)29(27,28)17-12-10-16(11-13-17)20-18(26)9-6-14-25-22-19(21-23-25)15-7-4-3-5-8-15/h3-5,7-8,10-13H,6,9,14H2,1-2H3,(H,20,26). The van der Waals surface area contributed by atoms with Crippen LogP contribution in [-0.4, -0.2) is 52.9 Å². The van der Waals surface area contributed by atoms with E-state index in [2.05, 4.69) is 20.7 Å². The van der Waals surface area contributed by atoms with Gasteiger partial charge < -0.3 is 5.32 Å². The third-order valence-corrected chi connectivity index (χ3v) is 5.99. The highest BCUT2D eigenvalue weighted by Crippen LogP contribution is 2.17. The maximum absolute atomic E-state index is 12.1. The highest BCUT2D eigenvalue weighted by molar-refractivity contribution is 7.89. The Bertz CT molecular complexity index is 1060. The van der Waals surface area contributed by atoms with Gasteiger partial charge in [0.05, 0.1) is 11.4 Å². The Kier molecular flexibility index (Phi) is 6.35. The van der Waals surface area contributed by atoms with E-state index in [4.69, 9.17) is 0 Å². The van der Waals surface area contributed by atoms with Crippen molar-refractivity contribution in [3.63, 3.8) is 0 Å². The van der Waals surface area contributed by atoms with Gasteiger partial charge >= 0.3 is 0 Å². The second-order valence-corrected chi connectivity index (χ2v) is 8.69. The molecule has 9 nitrogen and oxygen atoms in total. The van der Waals surface area contributed by atoms with E-state index in [1.807, 2.05) is 30.3 Å². The number of amides is 1. The van der Waals surface area contributed by atoms with Crippen molar-refractivity contribution in [1.82, 2.24) is 24.5 Å². The summed E-state index contributed by atoms with van der Waals surface area (Å²) in [5.41, 5.74) is 1.43. The summed E-state index contributed by atoms with van der Waals surface area (Å²) in [5.74, 6) is 0.374. The third-order valence-electron chi connectivity index (χ3n) is 4.16. The quantitative estimate of drug-likeness (QED) is 0.604. The average Bonchev–Trinajstić information content (AvgIpc) is 3.18. The van der Waals surface area contributed by atoms with Crippen LogP contribution in [0.4, 0.5) is 5.69 Å². The molecular weight excluding hydrogens is 392 g/mol. The molecule has 10 heteroatoms. The molecule has 152 valence electrons. The Morgan fingerprint density at radius 1 is 1.07 bits per heavy atom. The van der Waals surface area contributed by atoms with Gasteiger partial charge in [-0.1, -0.05) is 30.3 Å². The van der Waals surface area contributed by atoms with Crippen LogP contribution < -0.4 is 5.32 Å². The highest BCUT2D eigenvalue weighted by Gasteiger charge is 2.16. The zero-order valence-corrected chi connectivity index (χ0v) is 17.0. The number of hydrogen-bond acceptors (Lipinski definition) is 6. The zero-order valence-electron chi connectivity index (χ0n) is 16.2. The number of hydrogen-bond donors (Lipinski definition) is 1. The fourth-order valence-corrected chi connectivity index (χ4v) is 3.47. The van der Waals surface area contributed by atoms with Crippen molar-refractivity contribution in [2.75, 3.05) is 19.4 Å². The number of aromatic nitrogens is 4. The number of benzene rings is 2. The Morgan fingerprint density at radius 3 is 2.41 bits per heavy atom. The van der Waals surface area contributed by atoms with Crippen LogP contribution in [0.5, 0.6) is 0 Å². The summed E-state index contributed by atoms with van der Waals surface area (Å²) in [6.07, 6.45) is 0.823. The summed E-state index contributed by atoms with van der Waals surface area (Å²) >= 11 is 0. The molecule has 0 aliphatic heterocycles. The monoisotopic (exact) mass is 414 g/mol. The number of anilines is 1. The minimum absolute atomic E-state index is 0.170. The molecule has 0 saturated heterocycles. The van der Waals surface area contributed by atoms with Crippen molar-refractivity contribution in [1.29, 1.82) is 0 Å². The van der Waals surface area contributed by atoms with Crippen LogP contribution in [0.25, 0.3) is 11.4 Å². The zero-order chi connectivity index (χ0) is 20.9. The number of nitrogens with one attached hydrogen (secondary N) is 1. The van der Waals surface area contributed by atoms with Crippen molar-refractivity contribution in [2.45, 2.75) is 24.3 Å². The van der Waals surface area contributed by atoms with Crippen LogP contribution in [0, 0.1) is 0 Å². The Hall–Kier alpha value is -3.11. The Labute approximate surface area is 169 Å². The first-order valence-corrected chi connectivity index (χ1v) is 10.5. The fraction of sp³-hybridized carbons (Fsp3) is 0.263. The maximum atomic E-state index is 12.1. The lowest BCUT2D eigenvalue weighted by atomic mass is 10.2. The SMILES string of the molecule is CN(C)S(=O)(=O)c1ccc(NC(=O)CCCn2nnc(-c3ccccc3)n2)cc1. The van der Waals surface area contributed by atoms with E-state index < -0.39 is 10.0 Å². The van der Waals surface area contributed by atoms with Gasteiger partial charge in [-0.2, -0.15) is 4.80 Å². The highest BCUT2D eigenvalue weighted by atomic mass is 32.2. The second-order valence-electron chi connectivity index (χ2n) is 6.54. The molecule has 0 fully saturated rings. The summed E-state index contributed by atoms with van der Waals surface area (Å²) in [7, 11) is -0.547. The van der Waals surface area contributed by atoms with Gasteiger partial charge in [-0.05, 0) is 35.9 Å². The van der Waals surface area contributed by atoms with Gasteiger partial charge in [0.25, 0.3) is 0 Å². The minimum atomic E-state index is -3.49. The summed E-state index contributed by atoms with van der Waals surface area (Å²) < 4.78 is 25.2. The molecule has 1 amide bonds. The topological polar surface area (TPSA) is 110 Å². The first-order chi connectivity index (χ1) is 13.9. The number of nitrogens with zero attached hydrogens (tertiary/aromatic N) is 5. The predicted octanol–water partition coefficient (Wildman–Crippen LogP) is 2.01. The molecule has 29 heavy (non-hydrogen) atoms. The van der Waals surface area contributed by atoms with Crippen molar-refractivity contribution in [3.8, 4) is 11.4 Å². The molecule has 0 unspecified atom stereocenters. The van der Waals surface area contributed by atoms with E-state index >= 15 is 0 Å². The van der Waals surface area contributed by atoms with E-state index in [0.717, 1.165) is 9.87 Å². The maximum Gasteiger partial charge on any atom is 0.242 e. The van der Waals surface area contributed by atoms with Gasteiger partial charge in [-0.25, -0.2) is 12.7 Å². The molecule has 1 N–H and O–H groups in total. The van der Waals surface area contributed by atoms with Crippen molar-refractivity contribution >= 4 is 21.6 Å². The average molecular weight is 414 g/mol. The van der Waals surface area contributed by atoms with Gasteiger partial charge in [0.15, 0.2) is 0 Å². The number of tetrazole rings is 1. The van der Waals surface area contributed by atoms with E-state index in [1.165, 1.54) is 31.0 Å². The van der Waals surface area contributed by atoms with Crippen LogP contribution in [0.1, 0.15) is 12.8 Å². The lowest BCUT2D eigenvalue weighted by molar-refractivity contribution is -0.116. The summed E-state index contributed by atoms with van der Waals surface area (Å²) in [6, 6.07) is 15.6. The molecule has 0 saturated carbocycles. The second kappa shape index (κ2) is 8.93. The molecule has 0 bridgehead atoms. The summed E-state index contributed by atoms with van der Waals surface area (Å²) in [5, 5.41) is 15.1.